The Morgan fingerprint density at radius 2 is 1.92 bits per heavy atom. The van der Waals surface area contributed by atoms with Gasteiger partial charge >= 0.3 is 6.18 Å². The van der Waals surface area contributed by atoms with E-state index in [2.05, 4.69) is 5.32 Å². The first kappa shape index (κ1) is 18.8. The van der Waals surface area contributed by atoms with Crippen molar-refractivity contribution < 1.29 is 32.6 Å². The fraction of sp³-hybridized carbons (Fsp3) is 0.688. The number of aliphatic hydroxyl groups excluding tert-OH is 1. The number of aliphatic hydroxyl groups is 2. The lowest BCUT2D eigenvalue weighted by Crippen LogP contribution is -2.48. The standard InChI is InChI=1S/C16H22F3NO4/c1-10-2-7-13(24-10)15(23,16(17,18)19)8-14(22)20-12-5-3-11(9-21)4-6-12/h2,7,11-12,21,23H,3-6,8-9H2,1H3,(H,20,22). The molecule has 5 nitrogen and oxygen atoms in total. The topological polar surface area (TPSA) is 82.7 Å². The van der Waals surface area contributed by atoms with Gasteiger partial charge in [-0.05, 0) is 50.7 Å². The van der Waals surface area contributed by atoms with Gasteiger partial charge in [-0.25, -0.2) is 0 Å². The second kappa shape index (κ2) is 7.14. The monoisotopic (exact) mass is 349 g/mol. The summed E-state index contributed by atoms with van der Waals surface area (Å²) in [6, 6.07) is 2.10. The number of rotatable bonds is 5. The Hall–Kier alpha value is -1.54. The molecule has 0 radical (unpaired) electrons. The van der Waals surface area contributed by atoms with Gasteiger partial charge in [0.25, 0.3) is 0 Å². The van der Waals surface area contributed by atoms with Crippen molar-refractivity contribution in [2.75, 3.05) is 6.61 Å². The molecule has 1 unspecified atom stereocenters. The molecule has 0 bridgehead atoms. The summed E-state index contributed by atoms with van der Waals surface area (Å²) < 4.78 is 44.9. The fourth-order valence-electron chi connectivity index (χ4n) is 2.98. The van der Waals surface area contributed by atoms with Crippen molar-refractivity contribution in [3.8, 4) is 0 Å². The summed E-state index contributed by atoms with van der Waals surface area (Å²) in [7, 11) is 0. The second-order valence-electron chi connectivity index (χ2n) is 6.41. The minimum Gasteiger partial charge on any atom is -0.463 e. The van der Waals surface area contributed by atoms with Crippen molar-refractivity contribution in [3.05, 3.63) is 23.7 Å². The Bertz CT molecular complexity index is 564. The van der Waals surface area contributed by atoms with Gasteiger partial charge < -0.3 is 19.9 Å². The van der Waals surface area contributed by atoms with E-state index in [4.69, 9.17) is 9.52 Å². The largest absolute Gasteiger partial charge is 0.463 e. The molecule has 0 saturated heterocycles. The Labute approximate surface area is 137 Å². The first-order chi connectivity index (χ1) is 11.2. The summed E-state index contributed by atoms with van der Waals surface area (Å²) >= 11 is 0. The lowest BCUT2D eigenvalue weighted by molar-refractivity contribution is -0.273. The molecule has 1 heterocycles. The molecule has 2 rings (SSSR count). The summed E-state index contributed by atoms with van der Waals surface area (Å²) in [5, 5.41) is 21.7. The Balaban J connectivity index is 2.03. The molecule has 1 amide bonds. The van der Waals surface area contributed by atoms with Crippen LogP contribution in [0.15, 0.2) is 16.5 Å². The highest BCUT2D eigenvalue weighted by molar-refractivity contribution is 5.77. The SMILES string of the molecule is Cc1ccc(C(O)(CC(=O)NC2CCC(CO)CC2)C(F)(F)F)o1. The van der Waals surface area contributed by atoms with E-state index in [9.17, 15) is 23.1 Å². The van der Waals surface area contributed by atoms with Crippen LogP contribution in [-0.2, 0) is 10.4 Å². The Morgan fingerprint density at radius 1 is 1.29 bits per heavy atom. The van der Waals surface area contributed by atoms with Crippen molar-refractivity contribution in [2.45, 2.75) is 56.8 Å². The minimum atomic E-state index is -5.04. The number of nitrogens with one attached hydrogen (secondary N) is 1. The van der Waals surface area contributed by atoms with Crippen LogP contribution in [0.5, 0.6) is 0 Å². The van der Waals surface area contributed by atoms with Gasteiger partial charge in [0.1, 0.15) is 11.5 Å². The van der Waals surface area contributed by atoms with E-state index in [0.717, 1.165) is 6.07 Å². The number of carbonyl (C=O) groups excluding carboxylic acids is 1. The molecule has 1 aliphatic carbocycles. The van der Waals surface area contributed by atoms with Crippen molar-refractivity contribution in [3.63, 3.8) is 0 Å². The highest BCUT2D eigenvalue weighted by atomic mass is 19.4. The maximum absolute atomic E-state index is 13.3. The zero-order valence-electron chi connectivity index (χ0n) is 13.4. The van der Waals surface area contributed by atoms with Crippen LogP contribution in [-0.4, -0.2) is 34.9 Å². The smallest absolute Gasteiger partial charge is 0.425 e. The third-order valence-corrected chi connectivity index (χ3v) is 4.50. The van der Waals surface area contributed by atoms with E-state index in [-0.39, 0.29) is 24.3 Å². The zero-order chi connectivity index (χ0) is 18.0. The maximum Gasteiger partial charge on any atom is 0.425 e. The third-order valence-electron chi connectivity index (χ3n) is 4.50. The summed E-state index contributed by atoms with van der Waals surface area (Å²) in [5.41, 5.74) is -3.35. The molecule has 1 aliphatic rings. The predicted molar refractivity (Wildman–Crippen MR) is 79.0 cm³/mol. The number of hydrogen-bond donors (Lipinski definition) is 3. The molecule has 8 heteroatoms. The summed E-state index contributed by atoms with van der Waals surface area (Å²) in [6.45, 7) is 1.53. The van der Waals surface area contributed by atoms with Crippen molar-refractivity contribution in [2.24, 2.45) is 5.92 Å². The number of hydrogen-bond acceptors (Lipinski definition) is 4. The van der Waals surface area contributed by atoms with Gasteiger partial charge in [0.15, 0.2) is 0 Å². The van der Waals surface area contributed by atoms with E-state index in [1.807, 2.05) is 0 Å². The molecule has 1 saturated carbocycles. The molecular formula is C16H22F3NO4. The Morgan fingerprint density at radius 3 is 2.38 bits per heavy atom. The van der Waals surface area contributed by atoms with Crippen LogP contribution in [0.3, 0.4) is 0 Å². The maximum atomic E-state index is 13.3. The van der Waals surface area contributed by atoms with Crippen LogP contribution in [0.2, 0.25) is 0 Å². The fourth-order valence-corrected chi connectivity index (χ4v) is 2.98. The summed E-state index contributed by atoms with van der Waals surface area (Å²) in [4.78, 5) is 12.0. The van der Waals surface area contributed by atoms with Crippen LogP contribution in [0.25, 0.3) is 0 Å². The quantitative estimate of drug-likeness (QED) is 0.762. The van der Waals surface area contributed by atoms with Gasteiger partial charge in [0, 0.05) is 12.6 Å². The molecule has 1 aromatic rings. The molecule has 0 aromatic carbocycles. The van der Waals surface area contributed by atoms with Crippen LogP contribution < -0.4 is 5.32 Å². The van der Waals surface area contributed by atoms with Gasteiger partial charge in [0.2, 0.25) is 11.5 Å². The number of alkyl halides is 3. The molecule has 136 valence electrons. The number of aryl methyl sites for hydroxylation is 1. The first-order valence-corrected chi connectivity index (χ1v) is 7.92. The molecular weight excluding hydrogens is 327 g/mol. The second-order valence-corrected chi connectivity index (χ2v) is 6.41. The molecule has 1 atom stereocenters. The van der Waals surface area contributed by atoms with Gasteiger partial charge in [-0.2, -0.15) is 13.2 Å². The van der Waals surface area contributed by atoms with Crippen molar-refractivity contribution >= 4 is 5.91 Å². The average molecular weight is 349 g/mol. The molecule has 0 spiro atoms. The molecule has 0 aliphatic heterocycles. The van der Waals surface area contributed by atoms with Crippen molar-refractivity contribution in [1.82, 2.24) is 5.32 Å². The number of halogens is 3. The lowest BCUT2D eigenvalue weighted by atomic mass is 9.86. The van der Waals surface area contributed by atoms with Crippen LogP contribution in [0.4, 0.5) is 13.2 Å². The summed E-state index contributed by atoms with van der Waals surface area (Å²) in [6.07, 6.45) is -3.57. The highest BCUT2D eigenvalue weighted by Crippen LogP contribution is 2.42. The van der Waals surface area contributed by atoms with E-state index >= 15 is 0 Å². The van der Waals surface area contributed by atoms with Crippen LogP contribution >= 0.6 is 0 Å². The number of amides is 1. The number of furan rings is 1. The average Bonchev–Trinajstić information content (AvgIpc) is 2.93. The van der Waals surface area contributed by atoms with Crippen molar-refractivity contribution in [1.29, 1.82) is 0 Å². The normalized spacial score (nSPS) is 24.4. The highest BCUT2D eigenvalue weighted by Gasteiger charge is 2.58. The van der Waals surface area contributed by atoms with E-state index in [0.29, 0.717) is 25.7 Å². The van der Waals surface area contributed by atoms with E-state index < -0.39 is 29.9 Å². The van der Waals surface area contributed by atoms with Gasteiger partial charge in [0.05, 0.1) is 6.42 Å². The number of carbonyl (C=O) groups is 1. The minimum absolute atomic E-state index is 0.0757. The predicted octanol–water partition coefficient (Wildman–Crippen LogP) is 2.40. The van der Waals surface area contributed by atoms with Gasteiger partial charge in [-0.15, -0.1) is 0 Å². The molecule has 1 aromatic heterocycles. The van der Waals surface area contributed by atoms with E-state index in [1.165, 1.54) is 13.0 Å². The molecule has 24 heavy (non-hydrogen) atoms. The van der Waals surface area contributed by atoms with Gasteiger partial charge in [-0.3, -0.25) is 4.79 Å². The van der Waals surface area contributed by atoms with Crippen LogP contribution in [0.1, 0.15) is 43.6 Å². The zero-order valence-corrected chi connectivity index (χ0v) is 13.4. The van der Waals surface area contributed by atoms with Gasteiger partial charge in [-0.1, -0.05) is 0 Å². The summed E-state index contributed by atoms with van der Waals surface area (Å²) in [5.74, 6) is -1.17. The molecule has 3 N–H and O–H groups in total. The molecule has 1 fully saturated rings. The van der Waals surface area contributed by atoms with E-state index in [1.54, 1.807) is 0 Å². The first-order valence-electron chi connectivity index (χ1n) is 7.92. The lowest BCUT2D eigenvalue weighted by Gasteiger charge is -2.31. The Kier molecular flexibility index (Phi) is 5.59. The third kappa shape index (κ3) is 4.10. The van der Waals surface area contributed by atoms with Crippen LogP contribution in [0, 0.1) is 12.8 Å².